The summed E-state index contributed by atoms with van der Waals surface area (Å²) < 4.78 is 10.4. The van der Waals surface area contributed by atoms with Crippen molar-refractivity contribution in [3.05, 3.63) is 42.5 Å². The lowest BCUT2D eigenvalue weighted by atomic mass is 10.3. The highest BCUT2D eigenvalue weighted by atomic mass is 28.3. The fourth-order valence-corrected chi connectivity index (χ4v) is 3.52. The van der Waals surface area contributed by atoms with Gasteiger partial charge >= 0.3 is 11.9 Å². The normalized spacial score (nSPS) is 13.0. The van der Waals surface area contributed by atoms with Crippen LogP contribution in [0.15, 0.2) is 42.5 Å². The molecule has 0 aliphatic carbocycles. The summed E-state index contributed by atoms with van der Waals surface area (Å²) >= 11 is 0. The van der Waals surface area contributed by atoms with Gasteiger partial charge in [0.25, 0.3) is 0 Å². The summed E-state index contributed by atoms with van der Waals surface area (Å²) in [6.45, 7) is 8.41. The summed E-state index contributed by atoms with van der Waals surface area (Å²) in [6, 6.07) is 8.69. The van der Waals surface area contributed by atoms with Crippen molar-refractivity contribution >= 4 is 20.0 Å². The lowest BCUT2D eigenvalue weighted by molar-refractivity contribution is -0.140. The number of hydrogen-bond acceptors (Lipinski definition) is 4. The average molecular weight is 306 g/mol. The van der Waals surface area contributed by atoms with Gasteiger partial charge in [-0.05, 0) is 18.6 Å². The predicted molar refractivity (Wildman–Crippen MR) is 84.7 cm³/mol. The Hall–Kier alpha value is -1.88. The van der Waals surface area contributed by atoms with E-state index in [4.69, 9.17) is 9.47 Å². The average Bonchev–Trinajstić information content (AvgIpc) is 2.42. The molecule has 1 unspecified atom stereocenters. The molecule has 0 amide bonds. The van der Waals surface area contributed by atoms with Gasteiger partial charge in [0.1, 0.15) is 5.75 Å². The van der Waals surface area contributed by atoms with Gasteiger partial charge in [-0.15, -0.1) is 0 Å². The number of hydrogen-bond donors (Lipinski definition) is 0. The zero-order chi connectivity index (χ0) is 15.9. The van der Waals surface area contributed by atoms with Crippen molar-refractivity contribution in [3.8, 4) is 5.75 Å². The Morgan fingerprint density at radius 1 is 1.10 bits per heavy atom. The number of esters is 2. The van der Waals surface area contributed by atoms with Crippen molar-refractivity contribution in [3.63, 3.8) is 0 Å². The van der Waals surface area contributed by atoms with Crippen molar-refractivity contribution in [2.45, 2.75) is 38.7 Å². The van der Waals surface area contributed by atoms with Crippen LogP contribution in [0.2, 0.25) is 19.6 Å². The van der Waals surface area contributed by atoms with E-state index in [1.807, 2.05) is 13.0 Å². The van der Waals surface area contributed by atoms with Gasteiger partial charge in [0.2, 0.25) is 0 Å². The summed E-state index contributed by atoms with van der Waals surface area (Å²) in [5.74, 6) is -0.664. The van der Waals surface area contributed by atoms with E-state index in [-0.39, 0.29) is 5.73 Å². The van der Waals surface area contributed by atoms with Crippen molar-refractivity contribution < 1.29 is 19.1 Å². The van der Waals surface area contributed by atoms with Crippen molar-refractivity contribution in [1.82, 2.24) is 0 Å². The van der Waals surface area contributed by atoms with E-state index in [1.54, 1.807) is 24.3 Å². The minimum Gasteiger partial charge on any atom is -0.463 e. The Labute approximate surface area is 126 Å². The van der Waals surface area contributed by atoms with Crippen LogP contribution in [0, 0.1) is 0 Å². The van der Waals surface area contributed by atoms with Crippen LogP contribution < -0.4 is 4.74 Å². The van der Waals surface area contributed by atoms with Crippen LogP contribution in [0.5, 0.6) is 5.75 Å². The van der Waals surface area contributed by atoms with Crippen molar-refractivity contribution in [2.24, 2.45) is 0 Å². The molecule has 0 heterocycles. The van der Waals surface area contributed by atoms with Gasteiger partial charge in [-0.1, -0.05) is 44.8 Å². The molecule has 0 fully saturated rings. The molecule has 0 saturated heterocycles. The molecule has 0 aliphatic rings. The molecule has 1 aromatic carbocycles. The molecule has 0 bridgehead atoms. The minimum absolute atomic E-state index is 0.0557. The quantitative estimate of drug-likeness (QED) is 0.350. The largest absolute Gasteiger partial charge is 0.463 e. The van der Waals surface area contributed by atoms with Crippen LogP contribution in [0.3, 0.4) is 0 Å². The third-order valence-electron chi connectivity index (χ3n) is 2.91. The van der Waals surface area contributed by atoms with Gasteiger partial charge in [-0.2, -0.15) is 0 Å². The molecule has 0 N–H and O–H groups in total. The van der Waals surface area contributed by atoms with E-state index in [1.165, 1.54) is 0 Å². The van der Waals surface area contributed by atoms with Gasteiger partial charge in [-0.3, -0.25) is 0 Å². The van der Waals surface area contributed by atoms with Crippen molar-refractivity contribution in [2.75, 3.05) is 0 Å². The molecule has 0 saturated carbocycles. The molecule has 5 heteroatoms. The zero-order valence-electron chi connectivity index (χ0n) is 13.0. The van der Waals surface area contributed by atoms with Gasteiger partial charge < -0.3 is 9.47 Å². The van der Waals surface area contributed by atoms with E-state index in [2.05, 4.69) is 19.6 Å². The number of rotatable bonds is 6. The topological polar surface area (TPSA) is 52.6 Å². The van der Waals surface area contributed by atoms with Crippen LogP contribution in [0.1, 0.15) is 13.3 Å². The summed E-state index contributed by atoms with van der Waals surface area (Å²) in [6.07, 6.45) is 2.99. The minimum atomic E-state index is -1.56. The summed E-state index contributed by atoms with van der Waals surface area (Å²) in [7, 11) is -1.56. The Bertz CT molecular complexity index is 503. The maximum Gasteiger partial charge on any atom is 0.336 e. The molecule has 0 spiro atoms. The van der Waals surface area contributed by atoms with E-state index in [0.717, 1.165) is 18.6 Å². The van der Waals surface area contributed by atoms with E-state index in [0.29, 0.717) is 5.75 Å². The van der Waals surface area contributed by atoms with Crippen molar-refractivity contribution in [1.29, 1.82) is 0 Å². The fraction of sp³-hybridized carbons (Fsp3) is 0.375. The number of para-hydroxylation sites is 1. The van der Waals surface area contributed by atoms with Gasteiger partial charge in [-0.25, -0.2) is 9.59 Å². The second kappa shape index (κ2) is 7.78. The third kappa shape index (κ3) is 6.40. The van der Waals surface area contributed by atoms with Crippen LogP contribution in [-0.4, -0.2) is 25.7 Å². The molecule has 1 atom stereocenters. The summed E-state index contributed by atoms with van der Waals surface area (Å²) in [5.41, 5.74) is -0.0557. The first-order valence-corrected chi connectivity index (χ1v) is 10.6. The first kappa shape index (κ1) is 17.2. The third-order valence-corrected chi connectivity index (χ3v) is 5.37. The number of ether oxygens (including phenoxy) is 2. The Kier molecular flexibility index (Phi) is 6.36. The highest BCUT2D eigenvalue weighted by molar-refractivity contribution is 6.77. The molecular weight excluding hydrogens is 284 g/mol. The lowest BCUT2D eigenvalue weighted by Crippen LogP contribution is -2.41. The molecule has 4 nitrogen and oxygen atoms in total. The second-order valence-electron chi connectivity index (χ2n) is 5.77. The van der Waals surface area contributed by atoms with E-state index in [9.17, 15) is 9.59 Å². The lowest BCUT2D eigenvalue weighted by Gasteiger charge is -2.26. The first-order valence-electron chi connectivity index (χ1n) is 6.98. The molecule has 0 aromatic heterocycles. The zero-order valence-corrected chi connectivity index (χ0v) is 14.0. The van der Waals surface area contributed by atoms with E-state index >= 15 is 0 Å². The maximum atomic E-state index is 11.7. The van der Waals surface area contributed by atoms with Crippen LogP contribution in [-0.2, 0) is 14.3 Å². The second-order valence-corrected chi connectivity index (χ2v) is 11.1. The van der Waals surface area contributed by atoms with Crippen LogP contribution in [0.4, 0.5) is 0 Å². The fourth-order valence-electron chi connectivity index (χ4n) is 1.83. The van der Waals surface area contributed by atoms with Crippen LogP contribution in [0.25, 0.3) is 0 Å². The summed E-state index contributed by atoms with van der Waals surface area (Å²) in [4.78, 5) is 23.3. The molecule has 1 aromatic rings. The van der Waals surface area contributed by atoms with Gasteiger partial charge in [0, 0.05) is 12.2 Å². The first-order chi connectivity index (χ1) is 9.82. The highest BCUT2D eigenvalue weighted by Gasteiger charge is 2.28. The summed E-state index contributed by atoms with van der Waals surface area (Å²) in [5, 5.41) is 0. The standard InChI is InChI=1S/C16H22O4Si/c1-5-16(21(2,3)4)20-15(18)12-11-14(17)19-13-9-7-6-8-10-13/h6-12,16H,5H2,1-4H3. The SMILES string of the molecule is CCC(OC(=O)C=CC(=O)Oc1ccccc1)[Si](C)(C)C. The van der Waals surface area contributed by atoms with E-state index < -0.39 is 20.0 Å². The Morgan fingerprint density at radius 3 is 2.19 bits per heavy atom. The highest BCUT2D eigenvalue weighted by Crippen LogP contribution is 2.15. The predicted octanol–water partition coefficient (Wildman–Crippen LogP) is 3.35. The van der Waals surface area contributed by atoms with Crippen LogP contribution >= 0.6 is 0 Å². The molecule has 1 rings (SSSR count). The number of benzene rings is 1. The molecule has 21 heavy (non-hydrogen) atoms. The smallest absolute Gasteiger partial charge is 0.336 e. The maximum absolute atomic E-state index is 11.7. The van der Waals surface area contributed by atoms with Gasteiger partial charge in [0.15, 0.2) is 0 Å². The number of carbonyl (C=O) groups excluding carboxylic acids is 2. The molecule has 114 valence electrons. The molecular formula is C16H22O4Si. The monoisotopic (exact) mass is 306 g/mol. The van der Waals surface area contributed by atoms with Gasteiger partial charge in [0.05, 0.1) is 13.8 Å². The Morgan fingerprint density at radius 2 is 1.67 bits per heavy atom. The molecule has 0 aliphatic heterocycles. The number of carbonyl (C=O) groups is 2. The molecule has 0 radical (unpaired) electrons. The Balaban J connectivity index is 2.52.